The van der Waals surface area contributed by atoms with Gasteiger partial charge in [0.25, 0.3) is 0 Å². The van der Waals surface area contributed by atoms with Crippen molar-refractivity contribution in [1.29, 1.82) is 0 Å². The number of aliphatic hydroxyl groups excluding tert-OH is 1. The van der Waals surface area contributed by atoms with Gasteiger partial charge in [-0.2, -0.15) is 11.8 Å². The standard InChI is InChI=1S/C33H40N4O6S/c1-6-19-15(2)24(36-33(19)43)11-22-16(3)20(7-9-29(38)39)25(34-22)13-26-21(8-10-30(40)41)17(4)23(35-26)12-27-31(28-14-44-28)18(5)32(42)37-27/h6,11-13,15,18,24,28,31,34-36,43H,1,7-10,14H2,2-5H3,(H,37,42)(H,38,39)(H,40,41)/b22-11-,25-13-,27-12-/t15?,18-,24-,28-,31-/m1/s1. The molecule has 11 heteroatoms. The Balaban J connectivity index is 1.61. The maximum atomic E-state index is 12.6. The lowest BCUT2D eigenvalue weighted by atomic mass is 9.91. The minimum absolute atomic E-state index is 0.0133. The number of allylic oxidation sites excluding steroid dienone is 2. The van der Waals surface area contributed by atoms with E-state index in [-0.39, 0.29) is 48.4 Å². The number of carboxylic acids is 2. The highest BCUT2D eigenvalue weighted by Crippen LogP contribution is 2.46. The molecule has 5 atom stereocenters. The van der Waals surface area contributed by atoms with Crippen molar-refractivity contribution in [3.8, 4) is 0 Å². The summed E-state index contributed by atoms with van der Waals surface area (Å²) >= 11 is 1.85. The number of carbonyl (C=O) groups is 3. The molecule has 1 amide bonds. The molecule has 1 unspecified atom stereocenters. The van der Waals surface area contributed by atoms with Gasteiger partial charge in [0, 0.05) is 75.0 Å². The van der Waals surface area contributed by atoms with E-state index in [0.717, 1.165) is 61.4 Å². The summed E-state index contributed by atoms with van der Waals surface area (Å²) in [6.07, 6.45) is 8.05. The number of aliphatic carboxylic acids is 2. The van der Waals surface area contributed by atoms with E-state index in [2.05, 4.69) is 27.2 Å². The van der Waals surface area contributed by atoms with Gasteiger partial charge in [-0.3, -0.25) is 14.4 Å². The smallest absolute Gasteiger partial charge is 0.303 e. The quantitative estimate of drug-likeness (QED) is 0.188. The van der Waals surface area contributed by atoms with E-state index < -0.39 is 11.9 Å². The molecule has 0 aliphatic carbocycles. The van der Waals surface area contributed by atoms with Crippen molar-refractivity contribution in [3.05, 3.63) is 74.1 Å². The fourth-order valence-electron chi connectivity index (χ4n) is 6.44. The summed E-state index contributed by atoms with van der Waals surface area (Å²) in [5.41, 5.74) is 6.67. The van der Waals surface area contributed by atoms with Crippen LogP contribution in [0.25, 0.3) is 18.2 Å². The van der Waals surface area contributed by atoms with Crippen LogP contribution in [0.3, 0.4) is 0 Å². The Labute approximate surface area is 260 Å². The molecule has 10 nitrogen and oxygen atoms in total. The van der Waals surface area contributed by atoms with E-state index >= 15 is 0 Å². The highest BCUT2D eigenvalue weighted by Gasteiger charge is 2.45. The van der Waals surface area contributed by atoms with Crippen LogP contribution >= 0.6 is 11.8 Å². The number of aromatic nitrogens is 2. The molecule has 7 N–H and O–H groups in total. The summed E-state index contributed by atoms with van der Waals surface area (Å²) in [7, 11) is 0. The van der Waals surface area contributed by atoms with Crippen molar-refractivity contribution < 1.29 is 29.7 Å². The van der Waals surface area contributed by atoms with Gasteiger partial charge in [-0.15, -0.1) is 0 Å². The van der Waals surface area contributed by atoms with Crippen LogP contribution in [0.1, 0.15) is 60.3 Å². The third kappa shape index (κ3) is 6.24. The highest BCUT2D eigenvalue weighted by molar-refractivity contribution is 8.06. The molecule has 0 spiro atoms. The Hall–Kier alpha value is -4.12. The molecule has 0 radical (unpaired) electrons. The van der Waals surface area contributed by atoms with Gasteiger partial charge in [0.1, 0.15) is 0 Å². The molecule has 5 heterocycles. The zero-order valence-electron chi connectivity index (χ0n) is 25.4. The molecule has 0 aromatic carbocycles. The third-order valence-corrected chi connectivity index (χ3v) is 10.2. The molecule has 0 bridgehead atoms. The van der Waals surface area contributed by atoms with E-state index in [4.69, 9.17) is 0 Å². The molecule has 5 rings (SSSR count). The zero-order chi connectivity index (χ0) is 31.9. The minimum Gasteiger partial charge on any atom is -0.495 e. The summed E-state index contributed by atoms with van der Waals surface area (Å²) in [6.45, 7) is 11.6. The second kappa shape index (κ2) is 12.5. The van der Waals surface area contributed by atoms with Gasteiger partial charge in [0.05, 0.1) is 6.04 Å². The first-order valence-electron chi connectivity index (χ1n) is 14.9. The Morgan fingerprint density at radius 1 is 0.955 bits per heavy atom. The van der Waals surface area contributed by atoms with Crippen molar-refractivity contribution >= 4 is 47.8 Å². The van der Waals surface area contributed by atoms with Crippen LogP contribution in [0.4, 0.5) is 0 Å². The van der Waals surface area contributed by atoms with E-state index in [1.165, 1.54) is 0 Å². The number of carbonyl (C=O) groups excluding carboxylic acids is 1. The maximum Gasteiger partial charge on any atom is 0.303 e. The number of aliphatic hydroxyl groups is 1. The lowest BCUT2D eigenvalue weighted by Crippen LogP contribution is -2.28. The third-order valence-electron chi connectivity index (χ3n) is 9.18. The molecular formula is C33H40N4O6S. The van der Waals surface area contributed by atoms with Gasteiger partial charge in [0.2, 0.25) is 5.91 Å². The van der Waals surface area contributed by atoms with Gasteiger partial charge in [-0.05, 0) is 67.2 Å². The fraction of sp³-hybridized carbons (Fsp3) is 0.424. The number of thioether (sulfide) groups is 1. The Kier molecular flexibility index (Phi) is 8.88. The van der Waals surface area contributed by atoms with Crippen LogP contribution < -0.4 is 21.3 Å². The molecule has 44 heavy (non-hydrogen) atoms. The number of aromatic amines is 2. The molecule has 3 aliphatic heterocycles. The average molecular weight is 621 g/mol. The number of hydrogen-bond acceptors (Lipinski definition) is 6. The number of hydrogen-bond donors (Lipinski definition) is 7. The van der Waals surface area contributed by atoms with E-state index in [1.54, 1.807) is 6.08 Å². The summed E-state index contributed by atoms with van der Waals surface area (Å²) < 4.78 is 0. The van der Waals surface area contributed by atoms with E-state index in [1.807, 2.05) is 57.7 Å². The lowest BCUT2D eigenvalue weighted by molar-refractivity contribution is -0.138. The molecular weight excluding hydrogens is 580 g/mol. The summed E-state index contributed by atoms with van der Waals surface area (Å²) in [5, 5.41) is 37.4. The first kappa shape index (κ1) is 31.3. The van der Waals surface area contributed by atoms with Gasteiger partial charge in [0.15, 0.2) is 5.88 Å². The fourth-order valence-corrected chi connectivity index (χ4v) is 7.34. The number of rotatable bonds is 11. The maximum absolute atomic E-state index is 12.6. The summed E-state index contributed by atoms with van der Waals surface area (Å²) in [4.78, 5) is 42.6. The minimum atomic E-state index is -0.902. The molecule has 3 aliphatic rings. The summed E-state index contributed by atoms with van der Waals surface area (Å²) in [5.74, 6) is -0.691. The lowest BCUT2D eigenvalue weighted by Gasteiger charge is -2.12. The molecule has 0 saturated carbocycles. The van der Waals surface area contributed by atoms with Crippen molar-refractivity contribution in [2.75, 3.05) is 5.75 Å². The predicted molar refractivity (Wildman–Crippen MR) is 171 cm³/mol. The van der Waals surface area contributed by atoms with Crippen LogP contribution in [0.5, 0.6) is 0 Å². The van der Waals surface area contributed by atoms with Crippen molar-refractivity contribution in [3.63, 3.8) is 0 Å². The van der Waals surface area contributed by atoms with Crippen LogP contribution in [0.2, 0.25) is 0 Å². The molecule has 2 fully saturated rings. The molecule has 234 valence electrons. The SMILES string of the molecule is C=CC1=C(O)N[C@H](/C=c2\[nH]/c(=C\c3[nH]c(/C=C4\NC(=O)[C@H](C)[C@H]4[C@H]4CS4)c(C)c3CCC(=O)O)c(CCC(=O)O)c2C)C1C. The Bertz CT molecular complexity index is 1710. The molecule has 2 aromatic rings. The number of nitrogens with one attached hydrogen (secondary N) is 4. The Morgan fingerprint density at radius 2 is 1.61 bits per heavy atom. The van der Waals surface area contributed by atoms with Gasteiger partial charge in [-0.1, -0.05) is 26.5 Å². The second-order valence-electron chi connectivity index (χ2n) is 12.0. The van der Waals surface area contributed by atoms with Crippen LogP contribution in [-0.2, 0) is 27.2 Å². The van der Waals surface area contributed by atoms with E-state index in [9.17, 15) is 29.7 Å². The topological polar surface area (TPSA) is 168 Å². The monoisotopic (exact) mass is 620 g/mol. The Morgan fingerprint density at radius 3 is 2.20 bits per heavy atom. The van der Waals surface area contributed by atoms with Gasteiger partial charge < -0.3 is 35.9 Å². The number of amides is 1. The summed E-state index contributed by atoms with van der Waals surface area (Å²) in [6, 6.07) is -0.195. The second-order valence-corrected chi connectivity index (χ2v) is 13.2. The largest absolute Gasteiger partial charge is 0.495 e. The van der Waals surface area contributed by atoms with Gasteiger partial charge in [-0.25, -0.2) is 0 Å². The normalized spacial score (nSPS) is 26.4. The zero-order valence-corrected chi connectivity index (χ0v) is 26.2. The molecule has 2 saturated heterocycles. The first-order valence-corrected chi connectivity index (χ1v) is 16.0. The molecule has 2 aromatic heterocycles. The van der Waals surface area contributed by atoms with E-state index in [0.29, 0.717) is 18.1 Å². The van der Waals surface area contributed by atoms with Crippen LogP contribution in [0, 0.1) is 31.6 Å². The van der Waals surface area contributed by atoms with Crippen molar-refractivity contribution in [2.24, 2.45) is 17.8 Å². The van der Waals surface area contributed by atoms with Crippen molar-refractivity contribution in [1.82, 2.24) is 20.6 Å². The number of H-pyrrole nitrogens is 2. The average Bonchev–Trinajstić information content (AvgIpc) is 3.53. The first-order chi connectivity index (χ1) is 20.9. The van der Waals surface area contributed by atoms with Crippen molar-refractivity contribution in [2.45, 2.75) is 64.7 Å². The highest BCUT2D eigenvalue weighted by atomic mass is 32.2. The van der Waals surface area contributed by atoms with Gasteiger partial charge >= 0.3 is 11.9 Å². The number of carboxylic acid groups (broad SMARTS) is 2. The van der Waals surface area contributed by atoms with Crippen LogP contribution in [0.15, 0.2) is 29.8 Å². The van der Waals surface area contributed by atoms with Crippen LogP contribution in [-0.4, -0.2) is 60.2 Å². The predicted octanol–water partition coefficient (Wildman–Crippen LogP) is 3.01.